The summed E-state index contributed by atoms with van der Waals surface area (Å²) in [5.41, 5.74) is 9.58. The van der Waals surface area contributed by atoms with E-state index in [9.17, 15) is 0 Å². The fraction of sp³-hybridized carbons (Fsp3) is 0. The second kappa shape index (κ2) is 9.83. The quantitative estimate of drug-likeness (QED) is 0.601. The van der Waals surface area contributed by atoms with Crippen LogP contribution in [0.4, 0.5) is 16.2 Å². The van der Waals surface area contributed by atoms with E-state index in [-0.39, 0.29) is 0 Å². The Balaban J connectivity index is 0.000000253. The van der Waals surface area contributed by atoms with Gasteiger partial charge in [-0.1, -0.05) is 36.4 Å². The van der Waals surface area contributed by atoms with Gasteiger partial charge in [0.05, 0.1) is 0 Å². The maximum absolute atomic E-state index is 8.33. The molecule has 5 nitrogen and oxygen atoms in total. The first-order valence-corrected chi connectivity index (χ1v) is 5.14. The number of carbonyl (C=O) groups excluding carboxylic acids is 1. The molecule has 0 aromatic heterocycles. The molecule has 0 radical (unpaired) electrons. The molecule has 0 saturated heterocycles. The van der Waals surface area contributed by atoms with E-state index in [1.165, 1.54) is 0 Å². The number of hydrogen-bond acceptors (Lipinski definition) is 3. The molecule has 0 atom stereocenters. The Labute approximate surface area is 105 Å². The van der Waals surface area contributed by atoms with Crippen LogP contribution in [0.25, 0.3) is 0 Å². The van der Waals surface area contributed by atoms with Crippen molar-refractivity contribution in [2.45, 2.75) is 0 Å². The van der Waals surface area contributed by atoms with Gasteiger partial charge in [-0.3, -0.25) is 0 Å². The minimum Gasteiger partial charge on any atom is -0.652 e. The van der Waals surface area contributed by atoms with Crippen molar-refractivity contribution < 1.29 is 26.5 Å². The lowest BCUT2D eigenvalue weighted by atomic mass is 10.3. The molecule has 0 saturated carbocycles. The zero-order valence-electron chi connectivity index (χ0n) is 9.91. The summed E-state index contributed by atoms with van der Waals surface area (Å²) in [6.45, 7) is 0. The average Bonchev–Trinajstić information content (AvgIpc) is 2.31. The van der Waals surface area contributed by atoms with Crippen LogP contribution in [0.15, 0.2) is 60.7 Å². The van der Waals surface area contributed by atoms with E-state index < -0.39 is 6.16 Å². The number of carbonyl (C=O) groups is 1. The molecule has 0 unspecified atom stereocenters. The van der Waals surface area contributed by atoms with Gasteiger partial charge in [0.25, 0.3) is 0 Å². The van der Waals surface area contributed by atoms with E-state index >= 15 is 0 Å². The highest BCUT2D eigenvalue weighted by molar-refractivity contribution is 5.47. The molecule has 0 fully saturated rings. The fourth-order valence-electron chi connectivity index (χ4n) is 0.956. The van der Waals surface area contributed by atoms with Crippen molar-refractivity contribution in [2.75, 3.05) is 0 Å². The maximum atomic E-state index is 8.33. The predicted molar refractivity (Wildman–Crippen MR) is 63.4 cm³/mol. The highest BCUT2D eigenvalue weighted by atomic mass is 16.6. The summed E-state index contributed by atoms with van der Waals surface area (Å²) in [5.74, 6) is 0. The monoisotopic (exact) mass is 248 g/mol. The third-order valence-corrected chi connectivity index (χ3v) is 1.69. The van der Waals surface area contributed by atoms with Crippen LogP contribution in [0.2, 0.25) is 0 Å². The summed E-state index contributed by atoms with van der Waals surface area (Å²) in [6.07, 6.45) is -2.33. The summed E-state index contributed by atoms with van der Waals surface area (Å²) in [4.78, 5) is 8.33. The third kappa shape index (κ3) is 11.7. The van der Waals surface area contributed by atoms with E-state index in [1.807, 2.05) is 60.7 Å². The van der Waals surface area contributed by atoms with Crippen molar-refractivity contribution in [1.82, 2.24) is 0 Å². The van der Waals surface area contributed by atoms with Gasteiger partial charge in [-0.15, -0.1) is 0 Å². The fourth-order valence-corrected chi connectivity index (χ4v) is 0.956. The van der Waals surface area contributed by atoms with Crippen molar-refractivity contribution >= 4 is 17.5 Å². The van der Waals surface area contributed by atoms with Crippen LogP contribution in [0.1, 0.15) is 0 Å². The van der Waals surface area contributed by atoms with Gasteiger partial charge in [0.1, 0.15) is 11.4 Å². The molecule has 0 aliphatic carbocycles. The van der Waals surface area contributed by atoms with Crippen LogP contribution in [0.5, 0.6) is 0 Å². The highest BCUT2D eigenvalue weighted by Gasteiger charge is 1.77. The summed E-state index contributed by atoms with van der Waals surface area (Å²) in [6, 6.07) is 19.7. The number of hydrogen-bond donors (Lipinski definition) is 2. The molecule has 0 aliphatic rings. The number of benzene rings is 2. The number of rotatable bonds is 0. The lowest BCUT2D eigenvalue weighted by molar-refractivity contribution is -0.415. The standard InChI is InChI=1S/2C6H7N.CH2O3/c2*7-6-4-2-1-3-5-6;2-1(3)4/h2*1-5H,7H2;(H2,2,3,4). The van der Waals surface area contributed by atoms with Crippen LogP contribution in [0, 0.1) is 0 Å². The Morgan fingerprint density at radius 3 is 1.06 bits per heavy atom. The molecule has 2 aromatic carbocycles. The van der Waals surface area contributed by atoms with Gasteiger partial charge < -0.3 is 26.5 Å². The van der Waals surface area contributed by atoms with Crippen LogP contribution in [-0.4, -0.2) is 6.16 Å². The lowest BCUT2D eigenvalue weighted by Crippen LogP contribution is -2.39. The van der Waals surface area contributed by atoms with Crippen molar-refractivity contribution in [1.29, 1.82) is 0 Å². The van der Waals surface area contributed by atoms with Gasteiger partial charge in [0.2, 0.25) is 0 Å². The molecule has 0 aliphatic heterocycles. The number of carboxylic acid groups (broad SMARTS) is 2. The largest absolute Gasteiger partial charge is 0.652 e. The average molecular weight is 248 g/mol. The Kier molecular flexibility index (Phi) is 8.53. The zero-order valence-corrected chi connectivity index (χ0v) is 9.91. The van der Waals surface area contributed by atoms with E-state index in [1.54, 1.807) is 0 Å². The van der Waals surface area contributed by atoms with Gasteiger partial charge in [0.15, 0.2) is 0 Å². The second-order valence-electron chi connectivity index (χ2n) is 3.22. The molecule has 96 valence electrons. The molecule has 0 spiro atoms. The van der Waals surface area contributed by atoms with Gasteiger partial charge >= 0.3 is 0 Å². The van der Waals surface area contributed by atoms with Crippen LogP contribution >= 0.6 is 0 Å². The van der Waals surface area contributed by atoms with Gasteiger partial charge in [-0.05, 0) is 30.4 Å². The molecule has 2 aromatic rings. The van der Waals surface area contributed by atoms with E-state index in [0.717, 1.165) is 11.4 Å². The summed E-state index contributed by atoms with van der Waals surface area (Å²) in [5, 5.41) is 16.7. The Morgan fingerprint density at radius 1 is 0.722 bits per heavy atom. The number of quaternary nitrogens is 2. The van der Waals surface area contributed by atoms with Crippen molar-refractivity contribution in [3.05, 3.63) is 60.7 Å². The molecule has 18 heavy (non-hydrogen) atoms. The van der Waals surface area contributed by atoms with E-state index in [2.05, 4.69) is 11.5 Å². The maximum Gasteiger partial charge on any atom is 0.127 e. The molecule has 6 N–H and O–H groups in total. The summed E-state index contributed by atoms with van der Waals surface area (Å²) >= 11 is 0. The first-order chi connectivity index (χ1) is 8.52. The Morgan fingerprint density at radius 2 is 0.944 bits per heavy atom. The molecular weight excluding hydrogens is 232 g/mol. The highest BCUT2D eigenvalue weighted by Crippen LogP contribution is 1.93. The van der Waals surface area contributed by atoms with Gasteiger partial charge in [-0.2, -0.15) is 0 Å². The molecule has 0 bridgehead atoms. The summed E-state index contributed by atoms with van der Waals surface area (Å²) < 4.78 is 0. The molecule has 5 heteroatoms. The van der Waals surface area contributed by atoms with E-state index in [4.69, 9.17) is 15.0 Å². The molecule has 0 amide bonds. The van der Waals surface area contributed by atoms with Crippen molar-refractivity contribution in [2.24, 2.45) is 0 Å². The SMILES string of the molecule is O=C([O-])[O-].[NH3+]c1ccccc1.[NH3+]c1ccccc1. The molecule has 0 heterocycles. The van der Waals surface area contributed by atoms with Crippen LogP contribution in [-0.2, 0) is 0 Å². The molecule has 2 rings (SSSR count). The summed E-state index contributed by atoms with van der Waals surface area (Å²) in [7, 11) is 0. The topological polar surface area (TPSA) is 118 Å². The van der Waals surface area contributed by atoms with Gasteiger partial charge in [0, 0.05) is 0 Å². The predicted octanol–water partition coefficient (Wildman–Crippen LogP) is -1.33. The third-order valence-electron chi connectivity index (χ3n) is 1.69. The molecular formula is C13H16N2O3. The van der Waals surface area contributed by atoms with Crippen molar-refractivity contribution in [3.8, 4) is 0 Å². The first-order valence-electron chi connectivity index (χ1n) is 5.14. The zero-order chi connectivity index (χ0) is 13.8. The lowest BCUT2D eigenvalue weighted by Gasteiger charge is -1.96. The Hall–Kier alpha value is -2.37. The van der Waals surface area contributed by atoms with Crippen LogP contribution in [0.3, 0.4) is 0 Å². The van der Waals surface area contributed by atoms with E-state index in [0.29, 0.717) is 0 Å². The minimum atomic E-state index is -2.33. The normalized spacial score (nSPS) is 8.11. The second-order valence-corrected chi connectivity index (χ2v) is 3.22. The van der Waals surface area contributed by atoms with Crippen molar-refractivity contribution in [3.63, 3.8) is 0 Å². The Bertz CT molecular complexity index is 391. The smallest absolute Gasteiger partial charge is 0.127 e. The first kappa shape index (κ1) is 15.6. The van der Waals surface area contributed by atoms with Gasteiger partial charge in [-0.25, -0.2) is 0 Å². The minimum absolute atomic E-state index is 1.07. The van der Waals surface area contributed by atoms with Crippen LogP contribution < -0.4 is 21.7 Å².